The molecule has 34 heavy (non-hydrogen) atoms. The van der Waals surface area contributed by atoms with Crippen LogP contribution in [0.3, 0.4) is 0 Å². The third-order valence-corrected chi connectivity index (χ3v) is 3.04. The van der Waals surface area contributed by atoms with Gasteiger partial charge in [0, 0.05) is 6.20 Å². The number of aliphatic hydroxyl groups is 3. The first-order valence-corrected chi connectivity index (χ1v) is 12.5. The second kappa shape index (κ2) is 13.5. The van der Waals surface area contributed by atoms with Crippen molar-refractivity contribution in [2.75, 3.05) is 12.3 Å². The SMILES string of the molecule is C#C[C@@]1(O)[C@@H](CO)O[C@@H](n2ccc(N)nc2=O)[C@@H]1O.O=P(O)(O)O.O=P(O)(O)O.O=P(O)(O)O. The average molecular weight is 561 g/mol. The fourth-order valence-corrected chi connectivity index (χ4v) is 1.95. The maximum atomic E-state index is 11.7. The third kappa shape index (κ3) is 16.1. The molecule has 1 fully saturated rings. The molecule has 0 unspecified atom stereocenters. The van der Waals surface area contributed by atoms with Gasteiger partial charge in [-0.1, -0.05) is 5.92 Å². The summed E-state index contributed by atoms with van der Waals surface area (Å²) < 4.78 is 32.8. The molecule has 0 aromatic carbocycles. The number of ether oxygens (including phenoxy) is 1. The predicted octanol–water partition coefficient (Wildman–Crippen LogP) is -5.35. The lowest BCUT2D eigenvalue weighted by Gasteiger charge is -2.23. The molecule has 1 saturated heterocycles. The number of nitrogens with two attached hydrogens (primary N) is 1. The van der Waals surface area contributed by atoms with E-state index < -0.39 is 59.8 Å². The zero-order valence-electron chi connectivity index (χ0n) is 16.4. The van der Waals surface area contributed by atoms with E-state index in [2.05, 4.69) is 4.98 Å². The molecule has 1 aromatic rings. The van der Waals surface area contributed by atoms with E-state index in [1.165, 1.54) is 12.3 Å². The molecule has 0 radical (unpaired) electrons. The van der Waals surface area contributed by atoms with Gasteiger partial charge in [-0.25, -0.2) is 18.5 Å². The highest BCUT2D eigenvalue weighted by Crippen LogP contribution is 2.36. The first-order chi connectivity index (χ1) is 14.9. The monoisotopic (exact) mass is 561 g/mol. The Labute approximate surface area is 188 Å². The molecule has 1 aromatic heterocycles. The van der Waals surface area contributed by atoms with Gasteiger partial charge in [-0.05, 0) is 6.07 Å². The van der Waals surface area contributed by atoms with Crippen LogP contribution in [0.4, 0.5) is 5.82 Å². The summed E-state index contributed by atoms with van der Waals surface area (Å²) in [6.07, 6.45) is 2.37. The van der Waals surface area contributed by atoms with Crippen molar-refractivity contribution in [2.24, 2.45) is 0 Å². The molecule has 0 amide bonds. The van der Waals surface area contributed by atoms with Crippen molar-refractivity contribution >= 4 is 29.3 Å². The summed E-state index contributed by atoms with van der Waals surface area (Å²) >= 11 is 0. The molecular weight excluding hydrogens is 539 g/mol. The molecule has 2 heterocycles. The van der Waals surface area contributed by atoms with E-state index in [1.807, 2.05) is 5.92 Å². The van der Waals surface area contributed by atoms with Gasteiger partial charge in [0.15, 0.2) is 11.8 Å². The second-order valence-electron chi connectivity index (χ2n) is 5.69. The predicted molar refractivity (Wildman–Crippen MR) is 106 cm³/mol. The highest BCUT2D eigenvalue weighted by atomic mass is 31.2. The van der Waals surface area contributed by atoms with Crippen molar-refractivity contribution < 1.29 is 77.8 Å². The zero-order chi connectivity index (χ0) is 27.7. The van der Waals surface area contributed by atoms with Crippen molar-refractivity contribution in [3.05, 3.63) is 22.7 Å². The highest BCUT2D eigenvalue weighted by molar-refractivity contribution is 7.45. The van der Waals surface area contributed by atoms with Crippen molar-refractivity contribution in [2.45, 2.75) is 24.0 Å². The number of rotatable bonds is 2. The van der Waals surface area contributed by atoms with Gasteiger partial charge < -0.3 is 69.8 Å². The van der Waals surface area contributed by atoms with Crippen LogP contribution in [-0.2, 0) is 18.4 Å². The maximum Gasteiger partial charge on any atom is 0.466 e. The summed E-state index contributed by atoms with van der Waals surface area (Å²) in [5, 5.41) is 29.2. The first kappa shape index (κ1) is 34.6. The van der Waals surface area contributed by atoms with E-state index in [0.717, 1.165) is 4.57 Å². The molecule has 23 heteroatoms. The normalized spacial score (nSPS) is 24.3. The molecule has 1 aliphatic rings. The number of terminal acetylenes is 1. The summed E-state index contributed by atoms with van der Waals surface area (Å²) in [4.78, 5) is 79.8. The van der Waals surface area contributed by atoms with Crippen LogP contribution in [0, 0.1) is 12.3 Å². The van der Waals surface area contributed by atoms with Gasteiger partial charge in [0.2, 0.25) is 0 Å². The van der Waals surface area contributed by atoms with Crippen LogP contribution in [0.15, 0.2) is 17.1 Å². The lowest BCUT2D eigenvalue weighted by Crippen LogP contribution is -2.48. The first-order valence-electron chi connectivity index (χ1n) is 7.78. The van der Waals surface area contributed by atoms with Crippen LogP contribution in [0.2, 0.25) is 0 Å². The van der Waals surface area contributed by atoms with Crippen molar-refractivity contribution in [1.82, 2.24) is 9.55 Å². The quantitative estimate of drug-likeness (QED) is 0.118. The van der Waals surface area contributed by atoms with E-state index >= 15 is 0 Å². The zero-order valence-corrected chi connectivity index (χ0v) is 19.1. The number of nitrogens with zero attached hydrogens (tertiary/aromatic N) is 2. The second-order valence-corrected chi connectivity index (χ2v) is 8.77. The number of anilines is 1. The van der Waals surface area contributed by atoms with Gasteiger partial charge in [0.1, 0.15) is 18.0 Å². The number of aliphatic hydroxyl groups excluding tert-OH is 2. The van der Waals surface area contributed by atoms with Crippen molar-refractivity contribution in [1.29, 1.82) is 0 Å². The minimum absolute atomic E-state index is 0.0136. The number of nitrogen functional groups attached to an aromatic ring is 1. The molecule has 20 nitrogen and oxygen atoms in total. The number of aromatic nitrogens is 2. The lowest BCUT2D eigenvalue weighted by atomic mass is 9.93. The third-order valence-electron chi connectivity index (χ3n) is 3.04. The fraction of sp³-hybridized carbons (Fsp3) is 0.455. The Hall–Kier alpha value is -1.59. The standard InChI is InChI=1S/C11H13N3O5.3H3O4P/c1-2-11(18)6(5-15)19-9(8(11)16)14-4-3-7(12)13-10(14)17;3*1-5(2,3)4/h1,3-4,6,8-9,15-16,18H,5H2,(H2,12,13,17);3*(H3,1,2,3,4)/t6-,8+,9-,11-;;;/m1.../s1. The highest BCUT2D eigenvalue weighted by Gasteiger charge is 2.55. The lowest BCUT2D eigenvalue weighted by molar-refractivity contribution is -0.0624. The van der Waals surface area contributed by atoms with Gasteiger partial charge in [-0.2, -0.15) is 4.98 Å². The molecular formula is C11H22N3O17P3. The molecule has 198 valence electrons. The topological polar surface area (TPSA) is 364 Å². The van der Waals surface area contributed by atoms with Gasteiger partial charge in [-0.15, -0.1) is 6.42 Å². The summed E-state index contributed by atoms with van der Waals surface area (Å²) in [6, 6.07) is 1.33. The smallest absolute Gasteiger partial charge is 0.394 e. The molecule has 0 saturated carbocycles. The number of hydrogen-bond donors (Lipinski definition) is 13. The average Bonchev–Trinajstić information content (AvgIpc) is 2.82. The molecule has 0 bridgehead atoms. The summed E-state index contributed by atoms with van der Waals surface area (Å²) in [5.74, 6) is 2.00. The van der Waals surface area contributed by atoms with Crippen LogP contribution >= 0.6 is 23.5 Å². The number of phosphoric acid groups is 3. The Kier molecular flexibility index (Phi) is 13.7. The Morgan fingerprint density at radius 1 is 1.06 bits per heavy atom. The van der Waals surface area contributed by atoms with Crippen LogP contribution in [0.1, 0.15) is 6.23 Å². The molecule has 2 rings (SSSR count). The van der Waals surface area contributed by atoms with E-state index in [1.54, 1.807) is 0 Å². The molecule has 14 N–H and O–H groups in total. The van der Waals surface area contributed by atoms with Crippen molar-refractivity contribution in [3.8, 4) is 12.3 Å². The Morgan fingerprint density at radius 3 is 1.71 bits per heavy atom. The summed E-state index contributed by atoms with van der Waals surface area (Å²) in [6.45, 7) is -0.606. The van der Waals surface area contributed by atoms with Crippen LogP contribution in [-0.4, -0.2) is 93.3 Å². The molecule has 1 aliphatic heterocycles. The minimum Gasteiger partial charge on any atom is -0.394 e. The molecule has 0 aliphatic carbocycles. The maximum absolute atomic E-state index is 11.7. The van der Waals surface area contributed by atoms with Gasteiger partial charge >= 0.3 is 29.2 Å². The van der Waals surface area contributed by atoms with E-state index in [9.17, 15) is 15.0 Å². The van der Waals surface area contributed by atoms with Crippen molar-refractivity contribution in [3.63, 3.8) is 0 Å². The van der Waals surface area contributed by atoms with Gasteiger partial charge in [0.05, 0.1) is 6.61 Å². The van der Waals surface area contributed by atoms with Crippen LogP contribution in [0.5, 0.6) is 0 Å². The Bertz CT molecular complexity index is 951. The van der Waals surface area contributed by atoms with E-state index in [4.69, 9.17) is 79.7 Å². The fourth-order valence-electron chi connectivity index (χ4n) is 1.95. The summed E-state index contributed by atoms with van der Waals surface area (Å²) in [5.41, 5.74) is 2.50. The number of hydrogen-bond acceptors (Lipinski definition) is 10. The summed E-state index contributed by atoms with van der Waals surface area (Å²) in [7, 11) is -13.9. The Balaban J connectivity index is 0. The van der Waals surface area contributed by atoms with Crippen LogP contribution in [0.25, 0.3) is 0 Å². The Morgan fingerprint density at radius 2 is 1.44 bits per heavy atom. The molecule has 0 spiro atoms. The van der Waals surface area contributed by atoms with E-state index in [-0.39, 0.29) is 5.82 Å². The molecule has 4 atom stereocenters. The minimum atomic E-state index is -4.64. The van der Waals surface area contributed by atoms with Gasteiger partial charge in [-0.3, -0.25) is 4.57 Å². The van der Waals surface area contributed by atoms with Gasteiger partial charge in [0.25, 0.3) is 0 Å². The van der Waals surface area contributed by atoms with Crippen LogP contribution < -0.4 is 11.4 Å². The van der Waals surface area contributed by atoms with E-state index in [0.29, 0.717) is 0 Å². The largest absolute Gasteiger partial charge is 0.466 e.